The number of alkyl halides is 3. The van der Waals surface area contributed by atoms with E-state index >= 15 is 0 Å². The quantitative estimate of drug-likeness (QED) is 0.250. The van der Waals surface area contributed by atoms with E-state index in [9.17, 15) is 22.4 Å². The fraction of sp³-hybridized carbons (Fsp3) is 0.357. The van der Waals surface area contributed by atoms with E-state index in [1.807, 2.05) is 0 Å². The standard InChI is InChI=1S/C28H28F4N6O4/c1-33-27(39)42-21-8-4-3-7-16(21)14-34-24-19-15-35-38(23-9-5-6-10-41-23)26(19)37-25(36-24)18-12-20(29)22(40-2)11-17(18)13-28(30,31)32/h3-4,7-8,11-12,15,23H,5-6,9-10,13-14H2,1-2H3,(H,33,39)(H,34,36,37). The summed E-state index contributed by atoms with van der Waals surface area (Å²) in [5, 5.41) is 10.5. The van der Waals surface area contributed by atoms with Crippen LogP contribution in [0.2, 0.25) is 0 Å². The summed E-state index contributed by atoms with van der Waals surface area (Å²) in [6, 6.07) is 8.77. The second kappa shape index (κ2) is 12.2. The summed E-state index contributed by atoms with van der Waals surface area (Å²) >= 11 is 0. The second-order valence-corrected chi connectivity index (χ2v) is 9.58. The lowest BCUT2D eigenvalue weighted by Crippen LogP contribution is -2.22. The number of hydrogen-bond donors (Lipinski definition) is 2. The van der Waals surface area contributed by atoms with Crippen LogP contribution in [0.1, 0.15) is 36.6 Å². The van der Waals surface area contributed by atoms with E-state index in [0.717, 1.165) is 25.0 Å². The molecule has 4 aromatic rings. The van der Waals surface area contributed by atoms with E-state index in [2.05, 4.69) is 25.7 Å². The first-order valence-electron chi connectivity index (χ1n) is 13.2. The van der Waals surface area contributed by atoms with Gasteiger partial charge in [-0.25, -0.2) is 23.8 Å². The maximum Gasteiger partial charge on any atom is 0.412 e. The summed E-state index contributed by atoms with van der Waals surface area (Å²) in [6.45, 7) is 0.646. The Labute approximate surface area is 238 Å². The van der Waals surface area contributed by atoms with Crippen LogP contribution in [0, 0.1) is 5.82 Å². The number of fused-ring (bicyclic) bond motifs is 1. The van der Waals surface area contributed by atoms with E-state index in [1.165, 1.54) is 20.4 Å². The number of amides is 1. The van der Waals surface area contributed by atoms with Gasteiger partial charge in [-0.3, -0.25) is 0 Å². The predicted octanol–water partition coefficient (Wildman–Crippen LogP) is 5.78. The fourth-order valence-corrected chi connectivity index (χ4v) is 4.71. The molecule has 1 aliphatic rings. The maximum atomic E-state index is 14.9. The van der Waals surface area contributed by atoms with Crippen LogP contribution < -0.4 is 20.1 Å². The topological polar surface area (TPSA) is 112 Å². The smallest absolute Gasteiger partial charge is 0.412 e. The molecule has 2 aromatic carbocycles. The Morgan fingerprint density at radius 1 is 1.14 bits per heavy atom. The van der Waals surface area contributed by atoms with E-state index in [-0.39, 0.29) is 35.1 Å². The first-order valence-corrected chi connectivity index (χ1v) is 13.2. The number of aromatic nitrogens is 4. The van der Waals surface area contributed by atoms with Crippen molar-refractivity contribution in [1.82, 2.24) is 25.1 Å². The first-order chi connectivity index (χ1) is 20.2. The van der Waals surface area contributed by atoms with Crippen LogP contribution in [0.15, 0.2) is 42.6 Å². The third-order valence-corrected chi connectivity index (χ3v) is 6.72. The molecule has 0 bridgehead atoms. The van der Waals surface area contributed by atoms with Crippen LogP contribution in [0.4, 0.5) is 28.2 Å². The molecule has 0 spiro atoms. The molecule has 1 atom stereocenters. The molecule has 1 amide bonds. The SMILES string of the molecule is CNC(=O)Oc1ccccc1CNc1nc(-c2cc(F)c(OC)cc2CC(F)(F)F)nc2c1cnn2C1CCCCO1. The Bertz CT molecular complexity index is 1590. The number of para-hydroxylation sites is 1. The van der Waals surface area contributed by atoms with Crippen LogP contribution in [0.3, 0.4) is 0 Å². The molecule has 1 fully saturated rings. The number of anilines is 1. The van der Waals surface area contributed by atoms with Crippen LogP contribution in [0.25, 0.3) is 22.4 Å². The molecule has 222 valence electrons. The lowest BCUT2D eigenvalue weighted by atomic mass is 10.0. The van der Waals surface area contributed by atoms with Crippen LogP contribution in [-0.2, 0) is 17.7 Å². The Morgan fingerprint density at radius 3 is 2.67 bits per heavy atom. The molecule has 5 rings (SSSR count). The minimum absolute atomic E-state index is 0.121. The van der Waals surface area contributed by atoms with Gasteiger partial charge in [-0.05, 0) is 43.0 Å². The van der Waals surface area contributed by atoms with Crippen LogP contribution >= 0.6 is 0 Å². The molecule has 42 heavy (non-hydrogen) atoms. The lowest BCUT2D eigenvalue weighted by molar-refractivity contribution is -0.127. The van der Waals surface area contributed by atoms with Gasteiger partial charge in [-0.15, -0.1) is 0 Å². The lowest BCUT2D eigenvalue weighted by Gasteiger charge is -2.23. The summed E-state index contributed by atoms with van der Waals surface area (Å²) in [7, 11) is 2.61. The third kappa shape index (κ3) is 6.38. The number of nitrogens with zero attached hydrogens (tertiary/aromatic N) is 4. The monoisotopic (exact) mass is 588 g/mol. The Hall–Kier alpha value is -4.46. The molecule has 0 saturated carbocycles. The van der Waals surface area contributed by atoms with Gasteiger partial charge in [0.15, 0.2) is 29.3 Å². The molecule has 2 aromatic heterocycles. The van der Waals surface area contributed by atoms with Gasteiger partial charge in [0.1, 0.15) is 11.6 Å². The Balaban J connectivity index is 1.62. The van der Waals surface area contributed by atoms with Crippen molar-refractivity contribution in [2.24, 2.45) is 0 Å². The van der Waals surface area contributed by atoms with Crippen molar-refractivity contribution in [1.29, 1.82) is 0 Å². The fourth-order valence-electron chi connectivity index (χ4n) is 4.71. The summed E-state index contributed by atoms with van der Waals surface area (Å²) in [6.07, 6.45) is -3.02. The van der Waals surface area contributed by atoms with Crippen molar-refractivity contribution in [3.8, 4) is 22.9 Å². The van der Waals surface area contributed by atoms with E-state index in [1.54, 1.807) is 28.9 Å². The zero-order valence-corrected chi connectivity index (χ0v) is 22.8. The minimum atomic E-state index is -4.59. The molecular formula is C28H28F4N6O4. The van der Waals surface area contributed by atoms with E-state index in [0.29, 0.717) is 35.4 Å². The average Bonchev–Trinajstić information content (AvgIpc) is 3.41. The van der Waals surface area contributed by atoms with Crippen molar-refractivity contribution in [2.45, 2.75) is 44.6 Å². The third-order valence-electron chi connectivity index (χ3n) is 6.72. The molecule has 3 heterocycles. The number of carbonyl (C=O) groups excluding carboxylic acids is 1. The summed E-state index contributed by atoms with van der Waals surface area (Å²) < 4.78 is 73.3. The highest BCUT2D eigenvalue weighted by atomic mass is 19.4. The molecular weight excluding hydrogens is 560 g/mol. The van der Waals surface area contributed by atoms with Gasteiger partial charge in [0.25, 0.3) is 0 Å². The van der Waals surface area contributed by atoms with Gasteiger partial charge in [0.05, 0.1) is 25.1 Å². The van der Waals surface area contributed by atoms with Crippen molar-refractivity contribution in [3.05, 3.63) is 59.5 Å². The maximum absolute atomic E-state index is 14.9. The van der Waals surface area contributed by atoms with Gasteiger partial charge >= 0.3 is 12.3 Å². The Morgan fingerprint density at radius 2 is 1.95 bits per heavy atom. The number of ether oxygens (including phenoxy) is 3. The number of carbonyl (C=O) groups is 1. The highest BCUT2D eigenvalue weighted by molar-refractivity contribution is 5.88. The molecule has 1 unspecified atom stereocenters. The van der Waals surface area contributed by atoms with Gasteiger partial charge in [0, 0.05) is 31.3 Å². The number of halogens is 4. The second-order valence-electron chi connectivity index (χ2n) is 9.58. The zero-order valence-electron chi connectivity index (χ0n) is 22.8. The average molecular weight is 589 g/mol. The number of nitrogens with one attached hydrogen (secondary N) is 2. The van der Waals surface area contributed by atoms with Crippen LogP contribution in [0.5, 0.6) is 11.5 Å². The number of benzene rings is 2. The molecule has 10 nitrogen and oxygen atoms in total. The molecule has 0 aliphatic carbocycles. The summed E-state index contributed by atoms with van der Waals surface area (Å²) in [4.78, 5) is 20.9. The molecule has 14 heteroatoms. The summed E-state index contributed by atoms with van der Waals surface area (Å²) in [5.74, 6) is -0.795. The Kier molecular flexibility index (Phi) is 8.43. The molecule has 2 N–H and O–H groups in total. The largest absolute Gasteiger partial charge is 0.494 e. The van der Waals surface area contributed by atoms with Gasteiger partial charge in [0.2, 0.25) is 0 Å². The summed E-state index contributed by atoms with van der Waals surface area (Å²) in [5.41, 5.74) is 0.510. The van der Waals surface area contributed by atoms with Crippen molar-refractivity contribution in [2.75, 3.05) is 26.1 Å². The van der Waals surface area contributed by atoms with Gasteiger partial charge in [-0.2, -0.15) is 18.3 Å². The van der Waals surface area contributed by atoms with Crippen LogP contribution in [-0.4, -0.2) is 52.8 Å². The highest BCUT2D eigenvalue weighted by Crippen LogP contribution is 2.36. The zero-order chi connectivity index (χ0) is 29.9. The highest BCUT2D eigenvalue weighted by Gasteiger charge is 2.31. The first kappa shape index (κ1) is 29.0. The van der Waals surface area contributed by atoms with Crippen molar-refractivity contribution >= 4 is 22.9 Å². The van der Waals surface area contributed by atoms with Crippen molar-refractivity contribution < 1.29 is 36.6 Å². The number of hydrogen-bond acceptors (Lipinski definition) is 8. The molecule has 1 saturated heterocycles. The molecule has 1 aliphatic heterocycles. The van der Waals surface area contributed by atoms with Gasteiger partial charge in [-0.1, -0.05) is 18.2 Å². The van der Waals surface area contributed by atoms with E-state index < -0.39 is 30.7 Å². The normalized spacial score (nSPS) is 15.4. The van der Waals surface area contributed by atoms with E-state index in [4.69, 9.17) is 14.2 Å². The number of rotatable bonds is 8. The number of methoxy groups -OCH3 is 1. The molecule has 0 radical (unpaired) electrons. The van der Waals surface area contributed by atoms with Gasteiger partial charge < -0.3 is 24.8 Å². The van der Waals surface area contributed by atoms with Crippen molar-refractivity contribution in [3.63, 3.8) is 0 Å². The minimum Gasteiger partial charge on any atom is -0.494 e. The predicted molar refractivity (Wildman–Crippen MR) is 145 cm³/mol.